The van der Waals surface area contributed by atoms with E-state index in [1.807, 2.05) is 55.5 Å². The van der Waals surface area contributed by atoms with Gasteiger partial charge in [0.1, 0.15) is 5.82 Å². The molecule has 1 aromatic heterocycles. The number of nitrogens with zero attached hydrogens (tertiary/aromatic N) is 2. The molecule has 1 fully saturated rings. The Hall–Kier alpha value is -3.70. The Labute approximate surface area is 236 Å². The number of para-hydroxylation sites is 1. The van der Waals surface area contributed by atoms with Gasteiger partial charge in [0.25, 0.3) is 0 Å². The number of carbonyl (C=O) groups excluding carboxylic acids is 1. The minimum atomic E-state index is -0.369. The fourth-order valence-corrected chi connectivity index (χ4v) is 7.40. The number of benzene rings is 3. The van der Waals surface area contributed by atoms with Gasteiger partial charge in [0.15, 0.2) is 0 Å². The molecule has 1 atom stereocenters. The van der Waals surface area contributed by atoms with E-state index in [-0.39, 0.29) is 23.3 Å². The summed E-state index contributed by atoms with van der Waals surface area (Å²) >= 11 is 0. The van der Waals surface area contributed by atoms with Crippen LogP contribution in [0.15, 0.2) is 84.4 Å². The van der Waals surface area contributed by atoms with Gasteiger partial charge in [-0.2, -0.15) is 0 Å². The summed E-state index contributed by atoms with van der Waals surface area (Å²) in [6.07, 6.45) is 6.63. The molecule has 1 aliphatic carbocycles. The van der Waals surface area contributed by atoms with E-state index in [0.717, 1.165) is 54.3 Å². The quantitative estimate of drug-likeness (QED) is 0.269. The van der Waals surface area contributed by atoms with Crippen molar-refractivity contribution >= 4 is 22.9 Å². The van der Waals surface area contributed by atoms with E-state index in [2.05, 4.69) is 53.1 Å². The standard InChI is InChI=1S/C35H38FN3O/c1-24(23-25-9-5-4-6-10-25)34(40)39-22-19-30-29-11-7-8-12-31(29)37-33(30)35(39)20-17-27(18-21-35)32(38(2)3)26-13-15-28(36)16-14-26/h4-16,23,27,32,37H,17-22H2,1-3H3. The highest BCUT2D eigenvalue weighted by molar-refractivity contribution is 5.98. The van der Waals surface area contributed by atoms with Gasteiger partial charge in [0.2, 0.25) is 5.91 Å². The molecule has 1 N–H and O–H groups in total. The lowest BCUT2D eigenvalue weighted by Gasteiger charge is -2.52. The highest BCUT2D eigenvalue weighted by Crippen LogP contribution is 2.51. The van der Waals surface area contributed by atoms with Crippen molar-refractivity contribution in [2.24, 2.45) is 5.92 Å². The molecule has 3 aromatic carbocycles. The Kier molecular flexibility index (Phi) is 7.09. The van der Waals surface area contributed by atoms with Crippen molar-refractivity contribution in [3.8, 4) is 0 Å². The zero-order chi connectivity index (χ0) is 27.9. The molecule has 1 amide bonds. The van der Waals surface area contributed by atoms with Gasteiger partial charge in [-0.25, -0.2) is 4.39 Å². The molecule has 6 rings (SSSR count). The molecule has 5 heteroatoms. The molecular weight excluding hydrogens is 497 g/mol. The van der Waals surface area contributed by atoms with Gasteiger partial charge < -0.3 is 14.8 Å². The number of hydrogen-bond acceptors (Lipinski definition) is 2. The van der Waals surface area contributed by atoms with E-state index in [4.69, 9.17) is 0 Å². The van der Waals surface area contributed by atoms with Crippen LogP contribution in [0.25, 0.3) is 17.0 Å². The summed E-state index contributed by atoms with van der Waals surface area (Å²) in [5.41, 5.74) is 6.33. The van der Waals surface area contributed by atoms with Crippen LogP contribution in [-0.4, -0.2) is 41.3 Å². The summed E-state index contributed by atoms with van der Waals surface area (Å²) in [4.78, 5) is 22.4. The second-order valence-corrected chi connectivity index (χ2v) is 11.8. The van der Waals surface area contributed by atoms with Crippen molar-refractivity contribution in [3.63, 3.8) is 0 Å². The van der Waals surface area contributed by atoms with Gasteiger partial charge in [-0.05, 0) is 100 Å². The Balaban J connectivity index is 1.37. The first-order valence-corrected chi connectivity index (χ1v) is 14.4. The predicted octanol–water partition coefficient (Wildman–Crippen LogP) is 7.48. The zero-order valence-electron chi connectivity index (χ0n) is 23.7. The van der Waals surface area contributed by atoms with Crippen LogP contribution >= 0.6 is 0 Å². The lowest BCUT2D eigenvalue weighted by Crippen LogP contribution is -2.55. The predicted molar refractivity (Wildman–Crippen MR) is 160 cm³/mol. The molecule has 1 aliphatic heterocycles. The largest absolute Gasteiger partial charge is 0.356 e. The first kappa shape index (κ1) is 26.5. The van der Waals surface area contributed by atoms with Crippen LogP contribution < -0.4 is 0 Å². The van der Waals surface area contributed by atoms with Crippen LogP contribution in [0, 0.1) is 11.7 Å². The maximum absolute atomic E-state index is 14.2. The van der Waals surface area contributed by atoms with E-state index in [1.54, 1.807) is 12.1 Å². The number of halogens is 1. The van der Waals surface area contributed by atoms with E-state index >= 15 is 0 Å². The van der Waals surface area contributed by atoms with Gasteiger partial charge in [0.05, 0.1) is 5.54 Å². The molecule has 206 valence electrons. The van der Waals surface area contributed by atoms with E-state index in [9.17, 15) is 9.18 Å². The molecule has 4 aromatic rings. The molecule has 0 saturated heterocycles. The fraction of sp³-hybridized carbons (Fsp3) is 0.343. The number of nitrogens with one attached hydrogen (secondary N) is 1. The number of carbonyl (C=O) groups is 1. The van der Waals surface area contributed by atoms with E-state index in [1.165, 1.54) is 16.6 Å². The van der Waals surface area contributed by atoms with Gasteiger partial charge >= 0.3 is 0 Å². The molecule has 0 bridgehead atoms. The van der Waals surface area contributed by atoms with E-state index in [0.29, 0.717) is 12.5 Å². The zero-order valence-corrected chi connectivity index (χ0v) is 23.7. The number of rotatable bonds is 5. The molecule has 1 saturated carbocycles. The highest BCUT2D eigenvalue weighted by atomic mass is 19.1. The number of amides is 1. The molecular formula is C35H38FN3O. The van der Waals surface area contributed by atoms with E-state index < -0.39 is 0 Å². The second-order valence-electron chi connectivity index (χ2n) is 11.8. The number of aromatic nitrogens is 1. The third kappa shape index (κ3) is 4.66. The fourth-order valence-electron chi connectivity index (χ4n) is 7.40. The first-order valence-electron chi connectivity index (χ1n) is 14.4. The number of H-pyrrole nitrogens is 1. The van der Waals surface area contributed by atoms with Gasteiger partial charge in [-0.3, -0.25) is 4.79 Å². The number of hydrogen-bond donors (Lipinski definition) is 1. The maximum atomic E-state index is 14.2. The van der Waals surface area contributed by atoms with Gasteiger partial charge in [-0.1, -0.05) is 60.7 Å². The monoisotopic (exact) mass is 535 g/mol. The van der Waals surface area contributed by atoms with Gasteiger partial charge in [-0.15, -0.1) is 0 Å². The summed E-state index contributed by atoms with van der Waals surface area (Å²) in [5, 5.41) is 1.28. The number of fused-ring (bicyclic) bond motifs is 4. The average Bonchev–Trinajstić information content (AvgIpc) is 3.35. The minimum absolute atomic E-state index is 0.120. The van der Waals surface area contributed by atoms with Crippen LogP contribution in [0.2, 0.25) is 0 Å². The molecule has 40 heavy (non-hydrogen) atoms. The molecule has 2 heterocycles. The van der Waals surface area contributed by atoms with Crippen LogP contribution in [0.3, 0.4) is 0 Å². The Morgan fingerprint density at radius 3 is 2.38 bits per heavy atom. The molecule has 4 nitrogen and oxygen atoms in total. The number of aromatic amines is 1. The summed E-state index contributed by atoms with van der Waals surface area (Å²) in [5.74, 6) is 0.332. The summed E-state index contributed by atoms with van der Waals surface area (Å²) < 4.78 is 13.7. The first-order chi connectivity index (χ1) is 19.4. The molecule has 1 unspecified atom stereocenters. The van der Waals surface area contributed by atoms with Crippen LogP contribution in [0.1, 0.15) is 61.0 Å². The Bertz CT molecular complexity index is 1530. The van der Waals surface area contributed by atoms with Crippen LogP contribution in [0.5, 0.6) is 0 Å². The van der Waals surface area contributed by atoms with Gasteiger partial charge in [0, 0.05) is 34.8 Å². The second kappa shape index (κ2) is 10.7. The van der Waals surface area contributed by atoms with Crippen molar-refractivity contribution in [2.45, 2.75) is 50.6 Å². The normalized spacial score (nSPS) is 22.1. The van der Waals surface area contributed by atoms with Crippen molar-refractivity contribution in [3.05, 3.63) is 113 Å². The lowest BCUT2D eigenvalue weighted by molar-refractivity contribution is -0.137. The van der Waals surface area contributed by atoms with Crippen molar-refractivity contribution in [1.82, 2.24) is 14.8 Å². The highest BCUT2D eigenvalue weighted by Gasteiger charge is 2.49. The third-order valence-corrected chi connectivity index (χ3v) is 9.22. The Morgan fingerprint density at radius 2 is 1.68 bits per heavy atom. The van der Waals surface area contributed by atoms with Crippen molar-refractivity contribution < 1.29 is 9.18 Å². The summed E-state index contributed by atoms with van der Waals surface area (Å²) in [6, 6.07) is 25.8. The maximum Gasteiger partial charge on any atom is 0.250 e. The topological polar surface area (TPSA) is 39.3 Å². The summed E-state index contributed by atoms with van der Waals surface area (Å²) in [6.45, 7) is 2.67. The molecule has 2 aliphatic rings. The summed E-state index contributed by atoms with van der Waals surface area (Å²) in [7, 11) is 4.23. The average molecular weight is 536 g/mol. The van der Waals surface area contributed by atoms with Crippen molar-refractivity contribution in [1.29, 1.82) is 0 Å². The smallest absolute Gasteiger partial charge is 0.250 e. The SMILES string of the molecule is CC(=Cc1ccccc1)C(=O)N1CCc2c([nH]c3ccccc23)C12CCC(C(c1ccc(F)cc1)N(C)C)CC2. The third-order valence-electron chi connectivity index (χ3n) is 9.22. The minimum Gasteiger partial charge on any atom is -0.356 e. The lowest BCUT2D eigenvalue weighted by atomic mass is 9.68. The van der Waals surface area contributed by atoms with Crippen molar-refractivity contribution in [2.75, 3.05) is 20.6 Å². The molecule has 1 spiro atoms. The Morgan fingerprint density at radius 1 is 1.00 bits per heavy atom. The molecule has 0 radical (unpaired) electrons. The van der Waals surface area contributed by atoms with Crippen LogP contribution in [-0.2, 0) is 16.8 Å². The van der Waals surface area contributed by atoms with Crippen LogP contribution in [0.4, 0.5) is 4.39 Å².